The van der Waals surface area contributed by atoms with Crippen molar-refractivity contribution < 1.29 is 0 Å². The third-order valence-electron chi connectivity index (χ3n) is 2.47. The predicted molar refractivity (Wildman–Crippen MR) is 62.2 cm³/mol. The molecule has 14 heavy (non-hydrogen) atoms. The van der Waals surface area contributed by atoms with Gasteiger partial charge in [0.25, 0.3) is 0 Å². The zero-order valence-electron chi connectivity index (χ0n) is 9.21. The number of hydrazone groups is 1. The van der Waals surface area contributed by atoms with Crippen molar-refractivity contribution in [2.75, 3.05) is 0 Å². The molecule has 0 unspecified atom stereocenters. The Morgan fingerprint density at radius 3 is 2.93 bits per heavy atom. The van der Waals surface area contributed by atoms with E-state index in [1.807, 2.05) is 6.08 Å². The van der Waals surface area contributed by atoms with E-state index in [2.05, 4.69) is 30.5 Å². The van der Waals surface area contributed by atoms with Crippen LogP contribution in [0.25, 0.3) is 0 Å². The van der Waals surface area contributed by atoms with E-state index >= 15 is 0 Å². The van der Waals surface area contributed by atoms with Crippen LogP contribution in [-0.4, -0.2) is 6.21 Å². The van der Waals surface area contributed by atoms with Crippen molar-refractivity contribution in [2.45, 2.75) is 46.0 Å². The SMILES string of the molecule is CCCCCCC1=C(C)NN=CC=C1. The fourth-order valence-electron chi connectivity index (χ4n) is 1.55. The summed E-state index contributed by atoms with van der Waals surface area (Å²) in [6.45, 7) is 4.33. The number of nitrogens with one attached hydrogen (secondary N) is 1. The van der Waals surface area contributed by atoms with Crippen LogP contribution in [-0.2, 0) is 0 Å². The quantitative estimate of drug-likeness (QED) is 0.663. The predicted octanol–water partition coefficient (Wildman–Crippen LogP) is 3.38. The van der Waals surface area contributed by atoms with Crippen LogP contribution in [0.2, 0.25) is 0 Å². The maximum absolute atomic E-state index is 4.03. The van der Waals surface area contributed by atoms with E-state index in [1.54, 1.807) is 6.21 Å². The van der Waals surface area contributed by atoms with Gasteiger partial charge in [-0.2, -0.15) is 5.10 Å². The van der Waals surface area contributed by atoms with E-state index < -0.39 is 0 Å². The number of hydrogen-bond donors (Lipinski definition) is 1. The molecule has 0 aromatic heterocycles. The summed E-state index contributed by atoms with van der Waals surface area (Å²) in [5.41, 5.74) is 5.60. The lowest BCUT2D eigenvalue weighted by atomic mass is 10.0. The van der Waals surface area contributed by atoms with E-state index in [-0.39, 0.29) is 0 Å². The lowest BCUT2D eigenvalue weighted by Gasteiger charge is -2.06. The molecule has 0 bridgehead atoms. The Kier molecular flexibility index (Phi) is 5.05. The van der Waals surface area contributed by atoms with Crippen LogP contribution in [0.5, 0.6) is 0 Å². The molecule has 0 spiro atoms. The maximum Gasteiger partial charge on any atom is 0.0472 e. The molecule has 0 amide bonds. The molecule has 1 heterocycles. The van der Waals surface area contributed by atoms with Crippen LogP contribution in [0.15, 0.2) is 28.5 Å². The summed E-state index contributed by atoms with van der Waals surface area (Å²) in [5, 5.41) is 4.03. The Bertz CT molecular complexity index is 249. The number of allylic oxidation sites excluding steroid dienone is 4. The summed E-state index contributed by atoms with van der Waals surface area (Å²) < 4.78 is 0. The van der Waals surface area contributed by atoms with Gasteiger partial charge in [0.05, 0.1) is 0 Å². The molecule has 0 atom stereocenters. The molecule has 1 aliphatic heterocycles. The highest BCUT2D eigenvalue weighted by molar-refractivity contribution is 5.72. The van der Waals surface area contributed by atoms with E-state index in [4.69, 9.17) is 0 Å². The first kappa shape index (κ1) is 11.0. The van der Waals surface area contributed by atoms with Crippen molar-refractivity contribution in [3.05, 3.63) is 23.4 Å². The molecule has 1 rings (SSSR count). The van der Waals surface area contributed by atoms with Crippen molar-refractivity contribution in [1.29, 1.82) is 0 Å². The maximum atomic E-state index is 4.03. The molecular formula is C12H20N2. The van der Waals surface area contributed by atoms with Gasteiger partial charge in [0.15, 0.2) is 0 Å². The van der Waals surface area contributed by atoms with Gasteiger partial charge in [0.2, 0.25) is 0 Å². The lowest BCUT2D eigenvalue weighted by molar-refractivity contribution is 0.663. The van der Waals surface area contributed by atoms with Crippen molar-refractivity contribution in [2.24, 2.45) is 5.10 Å². The number of hydrogen-bond acceptors (Lipinski definition) is 2. The molecule has 0 radical (unpaired) electrons. The highest BCUT2D eigenvalue weighted by atomic mass is 15.3. The van der Waals surface area contributed by atoms with Gasteiger partial charge in [-0.3, -0.25) is 5.43 Å². The molecule has 0 fully saturated rings. The molecule has 0 saturated carbocycles. The third-order valence-corrected chi connectivity index (χ3v) is 2.47. The molecule has 78 valence electrons. The molecule has 0 aromatic carbocycles. The average Bonchev–Trinajstić information content (AvgIpc) is 2.39. The van der Waals surface area contributed by atoms with Gasteiger partial charge >= 0.3 is 0 Å². The second-order valence-corrected chi connectivity index (χ2v) is 3.71. The van der Waals surface area contributed by atoms with Crippen molar-refractivity contribution >= 4 is 6.21 Å². The zero-order chi connectivity index (χ0) is 10.2. The Morgan fingerprint density at radius 1 is 1.29 bits per heavy atom. The first-order valence-corrected chi connectivity index (χ1v) is 5.50. The molecular weight excluding hydrogens is 172 g/mol. The summed E-state index contributed by atoms with van der Waals surface area (Å²) in [5.74, 6) is 0. The van der Waals surface area contributed by atoms with Crippen molar-refractivity contribution in [1.82, 2.24) is 5.43 Å². The fourth-order valence-corrected chi connectivity index (χ4v) is 1.55. The van der Waals surface area contributed by atoms with Crippen LogP contribution >= 0.6 is 0 Å². The fraction of sp³-hybridized carbons (Fsp3) is 0.583. The van der Waals surface area contributed by atoms with Gasteiger partial charge in [0.1, 0.15) is 0 Å². The van der Waals surface area contributed by atoms with Gasteiger partial charge in [-0.25, -0.2) is 0 Å². The van der Waals surface area contributed by atoms with E-state index in [9.17, 15) is 0 Å². The smallest absolute Gasteiger partial charge is 0.0472 e. The van der Waals surface area contributed by atoms with Crippen LogP contribution < -0.4 is 5.43 Å². The number of nitrogens with zero attached hydrogens (tertiary/aromatic N) is 1. The van der Waals surface area contributed by atoms with Gasteiger partial charge in [-0.05, 0) is 31.4 Å². The third kappa shape index (κ3) is 3.77. The normalized spacial score (nSPS) is 15.6. The molecule has 0 aliphatic carbocycles. The van der Waals surface area contributed by atoms with Crippen molar-refractivity contribution in [3.8, 4) is 0 Å². The van der Waals surface area contributed by atoms with E-state index in [0.29, 0.717) is 0 Å². The van der Waals surface area contributed by atoms with Crippen LogP contribution in [0.3, 0.4) is 0 Å². The summed E-state index contributed by atoms with van der Waals surface area (Å²) >= 11 is 0. The Balaban J connectivity index is 2.35. The Hall–Kier alpha value is -1.05. The highest BCUT2D eigenvalue weighted by Crippen LogP contribution is 2.15. The molecule has 2 heteroatoms. The first-order valence-electron chi connectivity index (χ1n) is 5.50. The van der Waals surface area contributed by atoms with Gasteiger partial charge in [-0.15, -0.1) is 0 Å². The van der Waals surface area contributed by atoms with Crippen LogP contribution in [0, 0.1) is 0 Å². The summed E-state index contributed by atoms with van der Waals surface area (Å²) in [6.07, 6.45) is 12.4. The van der Waals surface area contributed by atoms with E-state index in [1.165, 1.54) is 43.4 Å². The number of unbranched alkanes of at least 4 members (excludes halogenated alkanes) is 3. The summed E-state index contributed by atoms with van der Waals surface area (Å²) in [6, 6.07) is 0. The zero-order valence-corrected chi connectivity index (χ0v) is 9.21. The topological polar surface area (TPSA) is 24.4 Å². The standard InChI is InChI=1S/C12H20N2/c1-3-4-5-6-8-12-9-7-10-13-14-11(12)2/h7,9-10,14H,3-6,8H2,1-2H3. The minimum Gasteiger partial charge on any atom is -0.283 e. The summed E-state index contributed by atoms with van der Waals surface area (Å²) in [4.78, 5) is 0. The second kappa shape index (κ2) is 6.41. The average molecular weight is 192 g/mol. The summed E-state index contributed by atoms with van der Waals surface area (Å²) in [7, 11) is 0. The van der Waals surface area contributed by atoms with Gasteiger partial charge < -0.3 is 0 Å². The van der Waals surface area contributed by atoms with Crippen LogP contribution in [0.4, 0.5) is 0 Å². The minimum atomic E-state index is 1.17. The van der Waals surface area contributed by atoms with E-state index in [0.717, 1.165) is 0 Å². The Morgan fingerprint density at radius 2 is 2.14 bits per heavy atom. The largest absolute Gasteiger partial charge is 0.283 e. The van der Waals surface area contributed by atoms with Gasteiger partial charge in [0, 0.05) is 11.9 Å². The van der Waals surface area contributed by atoms with Crippen LogP contribution in [0.1, 0.15) is 46.0 Å². The molecule has 1 N–H and O–H groups in total. The number of rotatable bonds is 5. The molecule has 2 nitrogen and oxygen atoms in total. The minimum absolute atomic E-state index is 1.17. The molecule has 0 aromatic rings. The molecule has 1 aliphatic rings. The van der Waals surface area contributed by atoms with Gasteiger partial charge in [-0.1, -0.05) is 32.3 Å². The Labute approximate surface area is 86.8 Å². The monoisotopic (exact) mass is 192 g/mol. The highest BCUT2D eigenvalue weighted by Gasteiger charge is 2.00. The van der Waals surface area contributed by atoms with Crippen molar-refractivity contribution in [3.63, 3.8) is 0 Å². The first-order chi connectivity index (χ1) is 6.84. The molecule has 0 saturated heterocycles. The second-order valence-electron chi connectivity index (χ2n) is 3.71. The lowest BCUT2D eigenvalue weighted by Crippen LogP contribution is -2.03.